The summed E-state index contributed by atoms with van der Waals surface area (Å²) in [6.07, 6.45) is 18.3. The molecule has 0 radical (unpaired) electrons. The second kappa shape index (κ2) is 14.8. The zero-order valence-corrected chi connectivity index (χ0v) is 22.6. The molecule has 3 aromatic carbocycles. The smallest absolute Gasteiger partial charge is 0.258 e. The highest BCUT2D eigenvalue weighted by atomic mass is 16.2. The van der Waals surface area contributed by atoms with E-state index in [0.717, 1.165) is 24.8 Å². The van der Waals surface area contributed by atoms with Gasteiger partial charge in [0.1, 0.15) is 0 Å². The normalized spacial score (nSPS) is 13.1. The molecular weight excluding hydrogens is 482 g/mol. The third-order valence-electron chi connectivity index (χ3n) is 7.15. The number of anilines is 1. The first-order valence-electron chi connectivity index (χ1n) is 14.1. The van der Waals surface area contributed by atoms with Crippen molar-refractivity contribution in [1.82, 2.24) is 0 Å². The maximum Gasteiger partial charge on any atom is 0.258 e. The van der Waals surface area contributed by atoms with Crippen LogP contribution in [0.4, 0.5) is 5.69 Å². The van der Waals surface area contributed by atoms with Gasteiger partial charge in [-0.25, -0.2) is 4.90 Å². The fraction of sp³-hybridized carbons (Fsp3) is 0.286. The molecule has 0 fully saturated rings. The number of benzene rings is 3. The molecule has 4 heteroatoms. The number of rotatable bonds is 15. The molecule has 0 aromatic heterocycles. The van der Waals surface area contributed by atoms with E-state index in [1.54, 1.807) is 6.08 Å². The van der Waals surface area contributed by atoms with Crippen LogP contribution in [0.2, 0.25) is 0 Å². The van der Waals surface area contributed by atoms with Crippen LogP contribution in [0.3, 0.4) is 0 Å². The van der Waals surface area contributed by atoms with Crippen molar-refractivity contribution in [2.45, 2.75) is 64.2 Å². The summed E-state index contributed by atoms with van der Waals surface area (Å²) in [4.78, 5) is 37.0. The summed E-state index contributed by atoms with van der Waals surface area (Å²) < 4.78 is 0. The zero-order chi connectivity index (χ0) is 27.3. The number of imide groups is 1. The Balaban J connectivity index is 1.02. The zero-order valence-electron chi connectivity index (χ0n) is 22.6. The number of carbonyl (C=O) groups excluding carboxylic acids is 3. The van der Waals surface area contributed by atoms with Crippen LogP contribution in [0.15, 0.2) is 97.1 Å². The van der Waals surface area contributed by atoms with E-state index < -0.39 is 0 Å². The number of allylic oxidation sites excluding steroid dienone is 1. The molecule has 3 aromatic rings. The molecule has 4 rings (SSSR count). The molecule has 2 amide bonds. The van der Waals surface area contributed by atoms with Crippen LogP contribution in [0, 0.1) is 0 Å². The monoisotopic (exact) mass is 519 g/mol. The molecular formula is C35H37NO3. The van der Waals surface area contributed by atoms with Gasteiger partial charge in [0, 0.05) is 17.7 Å². The van der Waals surface area contributed by atoms with E-state index in [1.165, 1.54) is 73.1 Å². The standard InChI is InChI=1S/C35H37NO3/c37-33(31-14-10-7-11-15-31)25-22-30-18-16-28(17-19-30)12-8-5-3-1-2-4-6-9-13-29-20-23-32(24-21-29)36-34(38)26-27-35(36)39/h7,10-11,14-27H,1-6,8-9,12-13H2/b25-22+. The molecule has 39 heavy (non-hydrogen) atoms. The van der Waals surface area contributed by atoms with E-state index >= 15 is 0 Å². The van der Waals surface area contributed by atoms with Gasteiger partial charge < -0.3 is 0 Å². The Morgan fingerprint density at radius 1 is 0.590 bits per heavy atom. The van der Waals surface area contributed by atoms with Crippen molar-refractivity contribution in [1.29, 1.82) is 0 Å². The van der Waals surface area contributed by atoms with Crippen molar-refractivity contribution in [3.8, 4) is 0 Å². The average Bonchev–Trinajstić information content (AvgIpc) is 3.31. The Morgan fingerprint density at radius 2 is 1.08 bits per heavy atom. The maximum atomic E-state index is 12.2. The molecule has 0 bridgehead atoms. The molecule has 0 saturated heterocycles. The van der Waals surface area contributed by atoms with E-state index in [0.29, 0.717) is 11.3 Å². The highest BCUT2D eigenvalue weighted by Crippen LogP contribution is 2.21. The molecule has 1 aliphatic rings. The Kier molecular flexibility index (Phi) is 10.6. The molecule has 0 saturated carbocycles. The molecule has 0 unspecified atom stereocenters. The van der Waals surface area contributed by atoms with E-state index in [4.69, 9.17) is 0 Å². The summed E-state index contributed by atoms with van der Waals surface area (Å²) in [6.45, 7) is 0. The van der Waals surface area contributed by atoms with E-state index in [2.05, 4.69) is 24.3 Å². The minimum atomic E-state index is -0.274. The van der Waals surface area contributed by atoms with Gasteiger partial charge in [0.25, 0.3) is 11.8 Å². The van der Waals surface area contributed by atoms with Crippen LogP contribution in [0.25, 0.3) is 6.08 Å². The van der Waals surface area contributed by atoms with Gasteiger partial charge in [0.2, 0.25) is 0 Å². The molecule has 200 valence electrons. The lowest BCUT2D eigenvalue weighted by Gasteiger charge is -2.14. The van der Waals surface area contributed by atoms with Gasteiger partial charge in [-0.05, 0) is 60.6 Å². The Bertz CT molecular complexity index is 1270. The molecule has 0 spiro atoms. The Labute approximate surface area is 232 Å². The predicted molar refractivity (Wildman–Crippen MR) is 159 cm³/mol. The van der Waals surface area contributed by atoms with Crippen molar-refractivity contribution >= 4 is 29.4 Å². The number of amides is 2. The summed E-state index contributed by atoms with van der Waals surface area (Å²) in [6, 6.07) is 25.6. The number of aryl methyl sites for hydroxylation is 2. The number of ketones is 1. The first-order chi connectivity index (χ1) is 19.1. The number of hydrogen-bond donors (Lipinski definition) is 0. The fourth-order valence-electron chi connectivity index (χ4n) is 4.85. The second-order valence-corrected chi connectivity index (χ2v) is 10.1. The van der Waals surface area contributed by atoms with Crippen LogP contribution in [0.5, 0.6) is 0 Å². The van der Waals surface area contributed by atoms with Crippen molar-refractivity contribution in [3.05, 3.63) is 119 Å². The van der Waals surface area contributed by atoms with Crippen molar-refractivity contribution in [3.63, 3.8) is 0 Å². The SMILES string of the molecule is O=C(/C=C/c1ccc(CCCCCCCCCCc2ccc(N3C(=O)C=CC3=O)cc2)cc1)c1ccccc1. The molecule has 1 aliphatic heterocycles. The highest BCUT2D eigenvalue weighted by Gasteiger charge is 2.24. The van der Waals surface area contributed by atoms with E-state index in [1.807, 2.05) is 60.7 Å². The lowest BCUT2D eigenvalue weighted by atomic mass is 10.0. The fourth-order valence-corrected chi connectivity index (χ4v) is 4.85. The summed E-state index contributed by atoms with van der Waals surface area (Å²) in [5, 5.41) is 0. The van der Waals surface area contributed by atoms with Crippen LogP contribution in [0.1, 0.15) is 78.4 Å². The van der Waals surface area contributed by atoms with Gasteiger partial charge in [-0.3, -0.25) is 14.4 Å². The van der Waals surface area contributed by atoms with Gasteiger partial charge >= 0.3 is 0 Å². The van der Waals surface area contributed by atoms with E-state index in [-0.39, 0.29) is 17.6 Å². The van der Waals surface area contributed by atoms with Crippen molar-refractivity contribution in [2.24, 2.45) is 0 Å². The van der Waals surface area contributed by atoms with Gasteiger partial charge in [0.05, 0.1) is 5.69 Å². The van der Waals surface area contributed by atoms with Crippen LogP contribution in [-0.4, -0.2) is 17.6 Å². The van der Waals surface area contributed by atoms with Crippen LogP contribution in [-0.2, 0) is 22.4 Å². The highest BCUT2D eigenvalue weighted by molar-refractivity contribution is 6.28. The van der Waals surface area contributed by atoms with Gasteiger partial charge in [0.15, 0.2) is 5.78 Å². The lowest BCUT2D eigenvalue weighted by Crippen LogP contribution is -2.29. The summed E-state index contributed by atoms with van der Waals surface area (Å²) >= 11 is 0. The quantitative estimate of drug-likeness (QED) is 0.0887. The van der Waals surface area contributed by atoms with Crippen LogP contribution < -0.4 is 4.90 Å². The second-order valence-electron chi connectivity index (χ2n) is 10.1. The van der Waals surface area contributed by atoms with Crippen molar-refractivity contribution in [2.75, 3.05) is 4.90 Å². The summed E-state index contributed by atoms with van der Waals surface area (Å²) in [5.41, 5.74) is 5.00. The van der Waals surface area contributed by atoms with Gasteiger partial charge in [-0.1, -0.05) is 111 Å². The lowest BCUT2D eigenvalue weighted by molar-refractivity contribution is -0.119. The third-order valence-corrected chi connectivity index (χ3v) is 7.15. The van der Waals surface area contributed by atoms with Gasteiger partial charge in [-0.2, -0.15) is 0 Å². The number of hydrogen-bond acceptors (Lipinski definition) is 3. The topological polar surface area (TPSA) is 54.5 Å². The average molecular weight is 520 g/mol. The molecule has 1 heterocycles. The number of carbonyl (C=O) groups is 3. The maximum absolute atomic E-state index is 12.2. The predicted octanol–water partition coefficient (Wildman–Crippen LogP) is 7.92. The minimum Gasteiger partial charge on any atom is -0.289 e. The third kappa shape index (κ3) is 8.75. The summed E-state index contributed by atoms with van der Waals surface area (Å²) in [5.74, 6) is -0.520. The Morgan fingerprint density at radius 3 is 1.62 bits per heavy atom. The van der Waals surface area contributed by atoms with Crippen LogP contribution >= 0.6 is 0 Å². The number of unbranched alkanes of at least 4 members (excludes halogenated alkanes) is 7. The Hall–Kier alpha value is -4.05. The van der Waals surface area contributed by atoms with Crippen molar-refractivity contribution < 1.29 is 14.4 Å². The molecule has 0 N–H and O–H groups in total. The first-order valence-corrected chi connectivity index (χ1v) is 14.1. The molecule has 0 aliphatic carbocycles. The molecule has 0 atom stereocenters. The molecule has 4 nitrogen and oxygen atoms in total. The largest absolute Gasteiger partial charge is 0.289 e. The first kappa shape index (κ1) is 28.0. The van der Waals surface area contributed by atoms with Gasteiger partial charge in [-0.15, -0.1) is 0 Å². The summed E-state index contributed by atoms with van der Waals surface area (Å²) in [7, 11) is 0. The van der Waals surface area contributed by atoms with E-state index in [9.17, 15) is 14.4 Å². The minimum absolute atomic E-state index is 0.0275. The number of nitrogens with zero attached hydrogens (tertiary/aromatic N) is 1.